The molecule has 4 N–H and O–H groups in total. The Balaban J connectivity index is 1.96. The molecule has 0 saturated carbocycles. The second kappa shape index (κ2) is 4.86. The number of hydrogen-bond donors (Lipinski definition) is 4. The van der Waals surface area contributed by atoms with E-state index in [-0.39, 0.29) is 0 Å². The lowest BCUT2D eigenvalue weighted by Crippen LogP contribution is -2.49. The molecule has 0 aliphatic carbocycles. The van der Waals surface area contributed by atoms with Gasteiger partial charge in [0.25, 0.3) is 17.1 Å². The average Bonchev–Trinajstić information content (AvgIpc) is 2.15. The summed E-state index contributed by atoms with van der Waals surface area (Å²) in [7, 11) is -3.96. The summed E-state index contributed by atoms with van der Waals surface area (Å²) in [5.41, 5.74) is 0. The third-order valence-electron chi connectivity index (χ3n) is 3.05. The molecule has 8 heteroatoms. The molecule has 2 fully saturated rings. The van der Waals surface area contributed by atoms with Crippen molar-refractivity contribution in [3.63, 3.8) is 0 Å². The minimum absolute atomic E-state index is 0.325. The van der Waals surface area contributed by atoms with Crippen LogP contribution >= 0.6 is 17.1 Å². The molecular weight excluding hydrogens is 238 g/mol. The van der Waals surface area contributed by atoms with E-state index in [9.17, 15) is 0 Å². The van der Waals surface area contributed by atoms with Gasteiger partial charge in [0.05, 0.1) is 0 Å². The maximum Gasteiger partial charge on any atom is 0.253 e. The van der Waals surface area contributed by atoms with Gasteiger partial charge in [0.2, 0.25) is 0 Å². The maximum atomic E-state index is 9.15. The van der Waals surface area contributed by atoms with Crippen molar-refractivity contribution in [1.82, 2.24) is 9.34 Å². The first-order valence-electron chi connectivity index (χ1n) is 4.91. The molecule has 0 radical (unpaired) electrons. The quantitative estimate of drug-likeness (QED) is 0.504. The fourth-order valence-corrected chi connectivity index (χ4v) is 4.03. The van der Waals surface area contributed by atoms with Gasteiger partial charge in [-0.25, -0.2) is 9.34 Å². The van der Waals surface area contributed by atoms with E-state index in [0.29, 0.717) is 38.0 Å². The Bertz CT molecular complexity index is 197. The van der Waals surface area contributed by atoms with Gasteiger partial charge in [-0.2, -0.15) is 0 Å². The van der Waals surface area contributed by atoms with Gasteiger partial charge in [0.1, 0.15) is 0 Å². The SMILES string of the molecule is OP(O)N1CC2CC(C1)CN(P(O)O)C2. The second-order valence-corrected chi connectivity index (χ2v) is 6.45. The first kappa shape index (κ1) is 12.1. The highest BCUT2D eigenvalue weighted by Gasteiger charge is 2.38. The number of nitrogens with zero attached hydrogens (tertiary/aromatic N) is 2. The lowest BCUT2D eigenvalue weighted by atomic mass is 9.87. The molecule has 0 aromatic rings. The van der Waals surface area contributed by atoms with Crippen LogP contribution in [0.1, 0.15) is 6.42 Å². The lowest BCUT2D eigenvalue weighted by Gasteiger charge is -2.45. The van der Waals surface area contributed by atoms with Gasteiger partial charge in [-0.15, -0.1) is 0 Å². The summed E-state index contributed by atoms with van der Waals surface area (Å²) < 4.78 is 3.39. The van der Waals surface area contributed by atoms with E-state index in [1.807, 2.05) is 0 Å². The smallest absolute Gasteiger partial charge is 0.253 e. The largest absolute Gasteiger partial charge is 0.338 e. The zero-order valence-electron chi connectivity index (χ0n) is 8.27. The number of fused-ring (bicyclic) bond motifs is 2. The van der Waals surface area contributed by atoms with Crippen LogP contribution in [0.25, 0.3) is 0 Å². The summed E-state index contributed by atoms with van der Waals surface area (Å²) in [6, 6.07) is 0. The summed E-state index contributed by atoms with van der Waals surface area (Å²) in [5, 5.41) is 0. The van der Waals surface area contributed by atoms with Crippen molar-refractivity contribution >= 4 is 17.1 Å². The normalized spacial score (nSPS) is 34.0. The maximum absolute atomic E-state index is 9.15. The monoisotopic (exact) mass is 254 g/mol. The van der Waals surface area contributed by atoms with Crippen molar-refractivity contribution in [3.05, 3.63) is 0 Å². The Kier molecular flexibility index (Phi) is 3.92. The molecule has 88 valence electrons. The van der Waals surface area contributed by atoms with Crippen LogP contribution in [-0.2, 0) is 0 Å². The molecule has 0 aromatic carbocycles. The summed E-state index contributed by atoms with van der Waals surface area (Å²) in [6.45, 7) is 2.59. The molecule has 2 saturated heterocycles. The van der Waals surface area contributed by atoms with Gasteiger partial charge in [0.15, 0.2) is 0 Å². The third kappa shape index (κ3) is 2.84. The van der Waals surface area contributed by atoms with Crippen LogP contribution in [0.2, 0.25) is 0 Å². The topological polar surface area (TPSA) is 87.4 Å². The van der Waals surface area contributed by atoms with Gasteiger partial charge in [-0.05, 0) is 18.3 Å². The van der Waals surface area contributed by atoms with Crippen molar-refractivity contribution in [2.45, 2.75) is 6.42 Å². The minimum atomic E-state index is -1.98. The Hall–Kier alpha value is 0.620. The number of rotatable bonds is 2. The minimum Gasteiger partial charge on any atom is -0.338 e. The van der Waals surface area contributed by atoms with Gasteiger partial charge in [-0.3, -0.25) is 0 Å². The van der Waals surface area contributed by atoms with Crippen molar-refractivity contribution in [1.29, 1.82) is 0 Å². The molecule has 2 rings (SSSR count). The molecule has 0 amide bonds. The summed E-state index contributed by atoms with van der Waals surface area (Å²) in [4.78, 5) is 36.6. The molecule has 6 nitrogen and oxygen atoms in total. The standard InChI is InChI=1S/C7H16N2O4P2/c10-14(11)8-2-6-1-7(4-8)5-9(3-6)15(12)13/h6-7,10-13H,1-5H2. The predicted molar refractivity (Wildman–Crippen MR) is 57.5 cm³/mol. The summed E-state index contributed by atoms with van der Waals surface area (Å²) in [5.74, 6) is 0.650. The van der Waals surface area contributed by atoms with Crippen LogP contribution in [-0.4, -0.2) is 55.1 Å². The zero-order chi connectivity index (χ0) is 11.0. The summed E-state index contributed by atoms with van der Waals surface area (Å²) >= 11 is 0. The Morgan fingerprint density at radius 3 is 1.33 bits per heavy atom. The van der Waals surface area contributed by atoms with Gasteiger partial charge in [-0.1, -0.05) is 0 Å². The zero-order valence-corrected chi connectivity index (χ0v) is 10.1. The highest BCUT2D eigenvalue weighted by atomic mass is 31.2. The average molecular weight is 254 g/mol. The highest BCUT2D eigenvalue weighted by Crippen LogP contribution is 2.43. The fourth-order valence-electron chi connectivity index (χ4n) is 2.52. The molecule has 2 aliphatic rings. The van der Waals surface area contributed by atoms with Crippen molar-refractivity contribution in [3.8, 4) is 0 Å². The van der Waals surface area contributed by atoms with Crippen molar-refractivity contribution < 1.29 is 19.6 Å². The van der Waals surface area contributed by atoms with Crippen LogP contribution in [0.3, 0.4) is 0 Å². The van der Waals surface area contributed by atoms with Gasteiger partial charge in [0, 0.05) is 26.2 Å². The van der Waals surface area contributed by atoms with Crippen LogP contribution in [0.4, 0.5) is 0 Å². The highest BCUT2D eigenvalue weighted by molar-refractivity contribution is 7.42. The molecular formula is C7H16N2O4P2. The van der Waals surface area contributed by atoms with E-state index in [1.165, 1.54) is 0 Å². The molecule has 0 spiro atoms. The summed E-state index contributed by atoms with van der Waals surface area (Å²) in [6.07, 6.45) is 1.05. The predicted octanol–water partition coefficient (Wildman–Crippen LogP) is -0.337. The first-order valence-corrected chi connectivity index (χ1v) is 7.31. The van der Waals surface area contributed by atoms with E-state index in [0.717, 1.165) is 6.42 Å². The second-order valence-electron chi connectivity index (χ2n) is 4.25. The number of hydrogen-bond acceptors (Lipinski definition) is 6. The fraction of sp³-hybridized carbons (Fsp3) is 1.00. The third-order valence-corrected chi connectivity index (χ3v) is 4.71. The van der Waals surface area contributed by atoms with E-state index in [1.54, 1.807) is 9.34 Å². The number of piperidine rings is 2. The lowest BCUT2D eigenvalue weighted by molar-refractivity contribution is 0.0955. The molecule has 2 bridgehead atoms. The first-order chi connectivity index (χ1) is 7.06. The molecule has 2 heterocycles. The van der Waals surface area contributed by atoms with Crippen molar-refractivity contribution in [2.24, 2.45) is 11.8 Å². The molecule has 2 aliphatic heterocycles. The molecule has 15 heavy (non-hydrogen) atoms. The molecule has 0 aromatic heterocycles. The van der Waals surface area contributed by atoms with E-state index < -0.39 is 17.1 Å². The van der Waals surface area contributed by atoms with Gasteiger partial charge < -0.3 is 19.6 Å². The van der Waals surface area contributed by atoms with Gasteiger partial charge >= 0.3 is 0 Å². The van der Waals surface area contributed by atoms with E-state index >= 15 is 0 Å². The van der Waals surface area contributed by atoms with Crippen LogP contribution < -0.4 is 0 Å². The molecule has 0 unspecified atom stereocenters. The Morgan fingerprint density at radius 1 is 0.733 bits per heavy atom. The van der Waals surface area contributed by atoms with Crippen LogP contribution in [0.5, 0.6) is 0 Å². The van der Waals surface area contributed by atoms with E-state index in [4.69, 9.17) is 19.6 Å². The molecule has 0 atom stereocenters. The van der Waals surface area contributed by atoms with Crippen LogP contribution in [0.15, 0.2) is 0 Å². The van der Waals surface area contributed by atoms with E-state index in [2.05, 4.69) is 0 Å². The van der Waals surface area contributed by atoms with Crippen molar-refractivity contribution in [2.75, 3.05) is 26.2 Å². The Labute approximate surface area is 91.1 Å². The van der Waals surface area contributed by atoms with Crippen LogP contribution in [0, 0.1) is 11.8 Å². The Morgan fingerprint density at radius 2 is 1.07 bits per heavy atom.